The van der Waals surface area contributed by atoms with Gasteiger partial charge in [-0.2, -0.15) is 0 Å². The summed E-state index contributed by atoms with van der Waals surface area (Å²) in [5.74, 6) is 0.148. The second kappa shape index (κ2) is 3.64. The van der Waals surface area contributed by atoms with Gasteiger partial charge in [0.25, 0.3) is 0 Å². The Hall–Kier alpha value is -0.670. The number of carbonyl (C=O) groups is 1. The van der Waals surface area contributed by atoms with Crippen LogP contribution in [-0.4, -0.2) is 11.8 Å². The van der Waals surface area contributed by atoms with Crippen LogP contribution in [0.1, 0.15) is 23.0 Å². The van der Waals surface area contributed by atoms with Crippen molar-refractivity contribution in [1.82, 2.24) is 0 Å². The molecule has 0 bridgehead atoms. The number of carbonyl (C=O) groups excluding carboxylic acids is 1. The fraction of sp³-hybridized carbons (Fsp3) is 0.375. The van der Waals surface area contributed by atoms with E-state index in [0.29, 0.717) is 6.42 Å². The lowest BCUT2D eigenvalue weighted by Gasteiger charge is -2.00. The molecule has 0 unspecified atom stereocenters. The Kier molecular flexibility index (Phi) is 2.79. The maximum absolute atomic E-state index is 11.2. The van der Waals surface area contributed by atoms with E-state index in [4.69, 9.17) is 5.73 Å². The molecular weight excluding hydrogens is 158 g/mol. The third-order valence-corrected chi connectivity index (χ3v) is 2.21. The number of rotatable bonds is 3. The van der Waals surface area contributed by atoms with E-state index < -0.39 is 0 Å². The molecule has 1 heterocycles. The summed E-state index contributed by atoms with van der Waals surface area (Å²) >= 11 is 1.47. The minimum atomic E-state index is -0.0374. The van der Waals surface area contributed by atoms with Gasteiger partial charge in [-0.3, -0.25) is 4.79 Å². The van der Waals surface area contributed by atoms with E-state index in [0.717, 1.165) is 4.88 Å². The lowest BCUT2D eigenvalue weighted by Crippen LogP contribution is -2.19. The third kappa shape index (κ3) is 2.44. The molecule has 0 spiro atoms. The van der Waals surface area contributed by atoms with Crippen LogP contribution in [-0.2, 0) is 0 Å². The van der Waals surface area contributed by atoms with Crippen LogP contribution in [0.5, 0.6) is 0 Å². The van der Waals surface area contributed by atoms with Crippen LogP contribution in [0.3, 0.4) is 0 Å². The maximum atomic E-state index is 11.2. The molecule has 1 aromatic heterocycles. The summed E-state index contributed by atoms with van der Waals surface area (Å²) < 4.78 is 0. The first kappa shape index (κ1) is 8.43. The van der Waals surface area contributed by atoms with E-state index in [9.17, 15) is 4.79 Å². The van der Waals surface area contributed by atoms with Gasteiger partial charge in [-0.05, 0) is 18.4 Å². The van der Waals surface area contributed by atoms with Gasteiger partial charge in [-0.1, -0.05) is 6.07 Å². The van der Waals surface area contributed by atoms with Crippen molar-refractivity contribution in [2.75, 3.05) is 0 Å². The Balaban J connectivity index is 2.57. The third-order valence-electron chi connectivity index (χ3n) is 1.30. The van der Waals surface area contributed by atoms with Crippen molar-refractivity contribution in [2.24, 2.45) is 5.73 Å². The highest BCUT2D eigenvalue weighted by Crippen LogP contribution is 2.11. The summed E-state index contributed by atoms with van der Waals surface area (Å²) in [5.41, 5.74) is 5.48. The molecule has 1 aromatic rings. The van der Waals surface area contributed by atoms with Crippen LogP contribution in [0.2, 0.25) is 0 Å². The van der Waals surface area contributed by atoms with Gasteiger partial charge >= 0.3 is 0 Å². The smallest absolute Gasteiger partial charge is 0.174 e. The van der Waals surface area contributed by atoms with Crippen LogP contribution in [0.15, 0.2) is 17.5 Å². The van der Waals surface area contributed by atoms with Crippen molar-refractivity contribution in [3.05, 3.63) is 22.4 Å². The van der Waals surface area contributed by atoms with E-state index in [1.165, 1.54) is 11.3 Å². The minimum Gasteiger partial charge on any atom is -0.328 e. The summed E-state index contributed by atoms with van der Waals surface area (Å²) in [6.45, 7) is 1.84. The first-order chi connectivity index (χ1) is 5.20. The summed E-state index contributed by atoms with van der Waals surface area (Å²) in [6, 6.07) is 3.67. The van der Waals surface area contributed by atoms with E-state index in [1.54, 1.807) is 0 Å². The van der Waals surface area contributed by atoms with Crippen molar-refractivity contribution < 1.29 is 4.79 Å². The standard InChI is InChI=1S/C8H11NOS/c1-6(9)5-7(10)8-3-2-4-11-8/h2-4,6H,5,9H2,1H3/t6-/m0/s1. The molecule has 2 nitrogen and oxygen atoms in total. The number of ketones is 1. The van der Waals surface area contributed by atoms with E-state index in [2.05, 4.69) is 0 Å². The molecule has 0 aliphatic heterocycles. The van der Waals surface area contributed by atoms with Crippen molar-refractivity contribution in [1.29, 1.82) is 0 Å². The van der Waals surface area contributed by atoms with Crippen molar-refractivity contribution in [3.63, 3.8) is 0 Å². The molecule has 2 N–H and O–H groups in total. The molecule has 3 heteroatoms. The van der Waals surface area contributed by atoms with Crippen LogP contribution < -0.4 is 5.73 Å². The minimum absolute atomic E-state index is 0.0374. The molecule has 0 amide bonds. The Labute approximate surface area is 70.0 Å². The Bertz CT molecular complexity index is 228. The fourth-order valence-electron chi connectivity index (χ4n) is 0.830. The van der Waals surface area contributed by atoms with Gasteiger partial charge in [0.1, 0.15) is 0 Å². The van der Waals surface area contributed by atoms with Crippen LogP contribution in [0, 0.1) is 0 Å². The number of Topliss-reactive ketones (excluding diaryl/α,β-unsaturated/α-hetero) is 1. The molecule has 0 aliphatic rings. The number of thiophene rings is 1. The van der Waals surface area contributed by atoms with Gasteiger partial charge < -0.3 is 5.73 Å². The first-order valence-electron chi connectivity index (χ1n) is 3.52. The average molecular weight is 169 g/mol. The quantitative estimate of drug-likeness (QED) is 0.699. The number of hydrogen-bond donors (Lipinski definition) is 1. The van der Waals surface area contributed by atoms with E-state index in [1.807, 2.05) is 24.4 Å². The molecule has 0 aliphatic carbocycles. The van der Waals surface area contributed by atoms with Crippen molar-refractivity contribution in [2.45, 2.75) is 19.4 Å². The highest BCUT2D eigenvalue weighted by Gasteiger charge is 2.08. The first-order valence-corrected chi connectivity index (χ1v) is 4.40. The molecule has 0 saturated carbocycles. The Morgan fingerprint density at radius 3 is 3.00 bits per heavy atom. The molecule has 60 valence electrons. The van der Waals surface area contributed by atoms with Crippen LogP contribution in [0.4, 0.5) is 0 Å². The number of hydrogen-bond acceptors (Lipinski definition) is 3. The summed E-state index contributed by atoms with van der Waals surface area (Å²) in [5, 5.41) is 1.90. The molecule has 0 radical (unpaired) electrons. The lowest BCUT2D eigenvalue weighted by atomic mass is 10.1. The van der Waals surface area contributed by atoms with Gasteiger partial charge in [0.15, 0.2) is 5.78 Å². The normalized spacial score (nSPS) is 12.9. The molecule has 11 heavy (non-hydrogen) atoms. The van der Waals surface area contributed by atoms with Gasteiger partial charge in [0, 0.05) is 12.5 Å². The predicted octanol–water partition coefficient (Wildman–Crippen LogP) is 1.67. The Morgan fingerprint density at radius 1 is 1.82 bits per heavy atom. The maximum Gasteiger partial charge on any atom is 0.174 e. The summed E-state index contributed by atoms with van der Waals surface area (Å²) in [6.07, 6.45) is 0.445. The summed E-state index contributed by atoms with van der Waals surface area (Å²) in [4.78, 5) is 12.1. The molecule has 0 saturated heterocycles. The highest BCUT2D eigenvalue weighted by atomic mass is 32.1. The molecule has 1 rings (SSSR count). The zero-order valence-corrected chi connectivity index (χ0v) is 7.23. The van der Waals surface area contributed by atoms with Gasteiger partial charge in [-0.25, -0.2) is 0 Å². The highest BCUT2D eigenvalue weighted by molar-refractivity contribution is 7.12. The molecular formula is C8H11NOS. The molecule has 1 atom stereocenters. The van der Waals surface area contributed by atoms with Gasteiger partial charge in [-0.15, -0.1) is 11.3 Å². The second-order valence-electron chi connectivity index (χ2n) is 2.58. The summed E-state index contributed by atoms with van der Waals surface area (Å²) in [7, 11) is 0. The van der Waals surface area contributed by atoms with Crippen LogP contribution in [0.25, 0.3) is 0 Å². The number of nitrogens with two attached hydrogens (primary N) is 1. The largest absolute Gasteiger partial charge is 0.328 e. The van der Waals surface area contributed by atoms with E-state index >= 15 is 0 Å². The predicted molar refractivity (Wildman–Crippen MR) is 46.9 cm³/mol. The van der Waals surface area contributed by atoms with Gasteiger partial charge in [0.05, 0.1) is 4.88 Å². The topological polar surface area (TPSA) is 43.1 Å². The fourth-order valence-corrected chi connectivity index (χ4v) is 1.51. The van der Waals surface area contributed by atoms with Crippen LogP contribution >= 0.6 is 11.3 Å². The SMILES string of the molecule is C[C@H](N)CC(=O)c1cccs1. The van der Waals surface area contributed by atoms with Gasteiger partial charge in [0.2, 0.25) is 0 Å². The average Bonchev–Trinajstić information content (AvgIpc) is 2.35. The molecule has 0 aromatic carbocycles. The second-order valence-corrected chi connectivity index (χ2v) is 3.53. The molecule has 0 fully saturated rings. The Morgan fingerprint density at radius 2 is 2.55 bits per heavy atom. The van der Waals surface area contributed by atoms with Crippen molar-refractivity contribution in [3.8, 4) is 0 Å². The zero-order valence-electron chi connectivity index (χ0n) is 6.41. The van der Waals surface area contributed by atoms with E-state index in [-0.39, 0.29) is 11.8 Å². The van der Waals surface area contributed by atoms with Crippen molar-refractivity contribution >= 4 is 17.1 Å². The monoisotopic (exact) mass is 169 g/mol. The zero-order chi connectivity index (χ0) is 8.27. The lowest BCUT2D eigenvalue weighted by molar-refractivity contribution is 0.0980.